The molecule has 1 aliphatic heterocycles. The summed E-state index contributed by atoms with van der Waals surface area (Å²) in [6.45, 7) is 5.04. The molecule has 0 aromatic rings. The Morgan fingerprint density at radius 3 is 2.44 bits per heavy atom. The maximum absolute atomic E-state index is 11.5. The number of likely N-dealkylation sites (N-methyl/N-ethyl adjacent to an activating group) is 1. The number of hydrogen-bond donors (Lipinski definition) is 2. The Kier molecular flexibility index (Phi) is 5.81. The van der Waals surface area contributed by atoms with Crippen molar-refractivity contribution in [3.05, 3.63) is 0 Å². The molecule has 0 spiro atoms. The zero-order valence-corrected chi connectivity index (χ0v) is 10.9. The van der Waals surface area contributed by atoms with Crippen LogP contribution in [0.1, 0.15) is 46.0 Å². The molecule has 2 N–H and O–H groups in total. The number of amides is 1. The fourth-order valence-corrected chi connectivity index (χ4v) is 2.92. The number of rotatable bonds is 1. The van der Waals surface area contributed by atoms with E-state index in [0.29, 0.717) is 0 Å². The Morgan fingerprint density at radius 2 is 1.81 bits per heavy atom. The third-order valence-electron chi connectivity index (χ3n) is 3.79. The van der Waals surface area contributed by atoms with Gasteiger partial charge in [-0.3, -0.25) is 4.79 Å². The Hall–Kier alpha value is -0.570. The van der Waals surface area contributed by atoms with Gasteiger partial charge >= 0.3 is 0 Å². The van der Waals surface area contributed by atoms with Gasteiger partial charge in [-0.25, -0.2) is 0 Å². The summed E-state index contributed by atoms with van der Waals surface area (Å²) < 4.78 is 0. The van der Waals surface area contributed by atoms with Crippen molar-refractivity contribution in [2.75, 3.05) is 13.6 Å². The predicted molar refractivity (Wildman–Crippen MR) is 67.3 cm³/mol. The van der Waals surface area contributed by atoms with Gasteiger partial charge in [0.1, 0.15) is 0 Å². The molecule has 16 heavy (non-hydrogen) atoms. The average molecular weight is 226 g/mol. The van der Waals surface area contributed by atoms with Crippen LogP contribution in [0, 0.1) is 11.8 Å². The highest BCUT2D eigenvalue weighted by molar-refractivity contribution is 5.81. The topological polar surface area (TPSA) is 41.1 Å². The molecule has 0 aromatic heterocycles. The molecular weight excluding hydrogens is 200 g/mol. The first-order valence-electron chi connectivity index (χ1n) is 6.76. The normalized spacial score (nSPS) is 33.1. The maximum Gasteiger partial charge on any atom is 0.236 e. The van der Waals surface area contributed by atoms with Gasteiger partial charge in [-0.05, 0) is 31.2 Å². The van der Waals surface area contributed by atoms with Crippen molar-refractivity contribution in [1.29, 1.82) is 0 Å². The Bertz CT molecular complexity index is 218. The van der Waals surface area contributed by atoms with Gasteiger partial charge in [0.2, 0.25) is 5.91 Å². The molecule has 3 atom stereocenters. The molecule has 3 heteroatoms. The number of piperidine rings is 1. The SMILES string of the molecule is CC.CNC(=O)C1CC2CCCCC2CN1. The van der Waals surface area contributed by atoms with Crippen molar-refractivity contribution in [1.82, 2.24) is 10.6 Å². The van der Waals surface area contributed by atoms with E-state index in [1.54, 1.807) is 7.05 Å². The monoisotopic (exact) mass is 226 g/mol. The number of fused-ring (bicyclic) bond motifs is 1. The summed E-state index contributed by atoms with van der Waals surface area (Å²) in [7, 11) is 1.72. The van der Waals surface area contributed by atoms with E-state index in [2.05, 4.69) is 10.6 Å². The molecule has 1 heterocycles. The van der Waals surface area contributed by atoms with Gasteiger partial charge in [-0.1, -0.05) is 33.1 Å². The van der Waals surface area contributed by atoms with Crippen LogP contribution in [-0.2, 0) is 4.79 Å². The van der Waals surface area contributed by atoms with Gasteiger partial charge in [-0.2, -0.15) is 0 Å². The molecule has 2 aliphatic rings. The first kappa shape index (κ1) is 13.5. The summed E-state index contributed by atoms with van der Waals surface area (Å²) in [5.41, 5.74) is 0. The predicted octanol–water partition coefficient (Wildman–Crippen LogP) is 1.93. The second kappa shape index (κ2) is 6.89. The number of carbonyl (C=O) groups excluding carboxylic acids is 1. The van der Waals surface area contributed by atoms with Gasteiger partial charge < -0.3 is 10.6 Å². The van der Waals surface area contributed by atoms with E-state index >= 15 is 0 Å². The standard InChI is InChI=1S/C11H20N2O.C2H6/c1-12-11(14)10-6-8-4-2-3-5-9(8)7-13-10;1-2/h8-10,13H,2-7H2,1H3,(H,12,14);1-2H3. The first-order valence-corrected chi connectivity index (χ1v) is 6.76. The summed E-state index contributed by atoms with van der Waals surface area (Å²) >= 11 is 0. The van der Waals surface area contributed by atoms with Crippen LogP contribution in [0.4, 0.5) is 0 Å². The lowest BCUT2D eigenvalue weighted by atomic mass is 9.73. The van der Waals surface area contributed by atoms with Crippen LogP contribution >= 0.6 is 0 Å². The van der Waals surface area contributed by atoms with E-state index in [9.17, 15) is 4.79 Å². The molecule has 3 unspecified atom stereocenters. The van der Waals surface area contributed by atoms with Crippen LogP contribution in [0.25, 0.3) is 0 Å². The first-order chi connectivity index (χ1) is 7.81. The summed E-state index contributed by atoms with van der Waals surface area (Å²) in [4.78, 5) is 11.5. The van der Waals surface area contributed by atoms with Crippen molar-refractivity contribution < 1.29 is 4.79 Å². The average Bonchev–Trinajstić information content (AvgIpc) is 2.39. The molecule has 3 nitrogen and oxygen atoms in total. The fraction of sp³-hybridized carbons (Fsp3) is 0.923. The van der Waals surface area contributed by atoms with E-state index in [1.165, 1.54) is 25.7 Å². The summed E-state index contributed by atoms with van der Waals surface area (Å²) in [6.07, 6.45) is 6.48. The zero-order valence-electron chi connectivity index (χ0n) is 10.9. The van der Waals surface area contributed by atoms with Gasteiger partial charge in [-0.15, -0.1) is 0 Å². The van der Waals surface area contributed by atoms with Crippen molar-refractivity contribution in [3.63, 3.8) is 0 Å². The van der Waals surface area contributed by atoms with Crippen LogP contribution in [-0.4, -0.2) is 25.5 Å². The van der Waals surface area contributed by atoms with E-state index in [4.69, 9.17) is 0 Å². The molecule has 2 fully saturated rings. The fourth-order valence-electron chi connectivity index (χ4n) is 2.92. The highest BCUT2D eigenvalue weighted by Gasteiger charge is 2.34. The van der Waals surface area contributed by atoms with Crippen LogP contribution in [0.15, 0.2) is 0 Å². The molecule has 0 radical (unpaired) electrons. The summed E-state index contributed by atoms with van der Waals surface area (Å²) in [6, 6.07) is 0.0688. The lowest BCUT2D eigenvalue weighted by Gasteiger charge is -2.39. The van der Waals surface area contributed by atoms with Crippen molar-refractivity contribution in [2.24, 2.45) is 11.8 Å². The maximum atomic E-state index is 11.5. The summed E-state index contributed by atoms with van der Waals surface area (Å²) in [5.74, 6) is 1.80. The minimum absolute atomic E-state index is 0.0688. The number of hydrogen-bond acceptors (Lipinski definition) is 2. The van der Waals surface area contributed by atoms with Crippen molar-refractivity contribution in [3.8, 4) is 0 Å². The molecule has 94 valence electrons. The van der Waals surface area contributed by atoms with Crippen LogP contribution < -0.4 is 10.6 Å². The van der Waals surface area contributed by atoms with E-state index in [-0.39, 0.29) is 11.9 Å². The largest absolute Gasteiger partial charge is 0.358 e. The molecule has 1 amide bonds. The Morgan fingerprint density at radius 1 is 1.19 bits per heavy atom. The minimum atomic E-state index is 0.0688. The Labute approximate surface area is 99.4 Å². The lowest BCUT2D eigenvalue weighted by Crippen LogP contribution is -2.51. The van der Waals surface area contributed by atoms with E-state index in [1.807, 2.05) is 13.8 Å². The summed E-state index contributed by atoms with van der Waals surface area (Å²) in [5, 5.41) is 6.09. The minimum Gasteiger partial charge on any atom is -0.358 e. The second-order valence-electron chi connectivity index (χ2n) is 4.62. The van der Waals surface area contributed by atoms with Crippen LogP contribution in [0.3, 0.4) is 0 Å². The van der Waals surface area contributed by atoms with Gasteiger partial charge in [0.25, 0.3) is 0 Å². The third kappa shape index (κ3) is 3.21. The van der Waals surface area contributed by atoms with E-state index in [0.717, 1.165) is 24.8 Å². The van der Waals surface area contributed by atoms with Gasteiger partial charge in [0.05, 0.1) is 6.04 Å². The number of nitrogens with one attached hydrogen (secondary N) is 2. The Balaban J connectivity index is 0.000000606. The van der Waals surface area contributed by atoms with Gasteiger partial charge in [0.15, 0.2) is 0 Å². The number of carbonyl (C=O) groups is 1. The van der Waals surface area contributed by atoms with Crippen molar-refractivity contribution in [2.45, 2.75) is 52.0 Å². The molecule has 1 saturated carbocycles. The zero-order chi connectivity index (χ0) is 12.0. The molecule has 1 aliphatic carbocycles. The molecule has 2 rings (SSSR count). The van der Waals surface area contributed by atoms with Crippen LogP contribution in [0.5, 0.6) is 0 Å². The van der Waals surface area contributed by atoms with Gasteiger partial charge in [0, 0.05) is 7.05 Å². The molecule has 0 bridgehead atoms. The highest BCUT2D eigenvalue weighted by Crippen LogP contribution is 2.35. The quantitative estimate of drug-likeness (QED) is 0.717. The third-order valence-corrected chi connectivity index (χ3v) is 3.79. The molecule has 1 saturated heterocycles. The smallest absolute Gasteiger partial charge is 0.236 e. The molecule has 0 aromatic carbocycles. The van der Waals surface area contributed by atoms with Crippen LogP contribution in [0.2, 0.25) is 0 Å². The van der Waals surface area contributed by atoms with E-state index < -0.39 is 0 Å². The van der Waals surface area contributed by atoms with Crippen molar-refractivity contribution >= 4 is 5.91 Å². The highest BCUT2D eigenvalue weighted by atomic mass is 16.2. The second-order valence-corrected chi connectivity index (χ2v) is 4.62. The lowest BCUT2D eigenvalue weighted by molar-refractivity contribution is -0.124. The molecular formula is C13H26N2O.